The first kappa shape index (κ1) is 17.5. The number of ether oxygens (including phenoxy) is 3. The third-order valence-corrected chi connectivity index (χ3v) is 4.99. The summed E-state index contributed by atoms with van der Waals surface area (Å²) in [5.74, 6) is 1.16. The normalized spacial score (nSPS) is 19.5. The first-order valence-corrected chi connectivity index (χ1v) is 8.96. The van der Waals surface area contributed by atoms with Crippen LogP contribution in [0.5, 0.6) is 23.0 Å². The summed E-state index contributed by atoms with van der Waals surface area (Å²) in [6.07, 6.45) is 4.21. The van der Waals surface area contributed by atoms with Crippen molar-refractivity contribution in [2.24, 2.45) is 5.92 Å². The van der Waals surface area contributed by atoms with E-state index in [1.165, 1.54) is 0 Å². The van der Waals surface area contributed by atoms with Crippen molar-refractivity contribution in [2.75, 3.05) is 13.7 Å². The number of phenolic OH excluding ortho intramolecular Hbond substituents is 1. The second-order valence-electron chi connectivity index (χ2n) is 7.47. The quantitative estimate of drug-likeness (QED) is 0.889. The number of fused-ring (bicyclic) bond motifs is 2. The first-order valence-electron chi connectivity index (χ1n) is 8.96. The number of rotatable bonds is 3. The molecule has 0 amide bonds. The SMILES string of the molecule is COc1ccc(C[C@@H]2COc3cc4c(c(O)c3C2=O)C=CC(C)(C)O4)cc1. The number of phenols is 1. The van der Waals surface area contributed by atoms with Crippen molar-refractivity contribution in [1.29, 1.82) is 0 Å². The molecule has 0 saturated heterocycles. The maximum atomic E-state index is 13.0. The highest BCUT2D eigenvalue weighted by Crippen LogP contribution is 2.45. The Balaban J connectivity index is 1.64. The summed E-state index contributed by atoms with van der Waals surface area (Å²) >= 11 is 0. The number of hydrogen-bond acceptors (Lipinski definition) is 5. The van der Waals surface area contributed by atoms with Gasteiger partial charge in [-0.3, -0.25) is 4.79 Å². The van der Waals surface area contributed by atoms with E-state index in [4.69, 9.17) is 14.2 Å². The molecule has 140 valence electrons. The molecule has 5 nitrogen and oxygen atoms in total. The van der Waals surface area contributed by atoms with Crippen LogP contribution in [0.3, 0.4) is 0 Å². The summed E-state index contributed by atoms with van der Waals surface area (Å²) in [7, 11) is 1.62. The molecule has 27 heavy (non-hydrogen) atoms. The molecule has 0 bridgehead atoms. The highest BCUT2D eigenvalue weighted by molar-refractivity contribution is 6.05. The fraction of sp³-hybridized carbons (Fsp3) is 0.318. The fourth-order valence-electron chi connectivity index (χ4n) is 3.50. The minimum atomic E-state index is -0.469. The van der Waals surface area contributed by atoms with Gasteiger partial charge >= 0.3 is 0 Å². The summed E-state index contributed by atoms with van der Waals surface area (Å²) in [5.41, 5.74) is 1.31. The van der Waals surface area contributed by atoms with Crippen LogP contribution in [-0.4, -0.2) is 30.2 Å². The molecule has 1 N–H and O–H groups in total. The third-order valence-electron chi connectivity index (χ3n) is 4.99. The van der Waals surface area contributed by atoms with Crippen molar-refractivity contribution in [3.8, 4) is 23.0 Å². The van der Waals surface area contributed by atoms with Gasteiger partial charge in [-0.15, -0.1) is 0 Å². The number of ketones is 1. The molecule has 4 rings (SSSR count). The van der Waals surface area contributed by atoms with E-state index in [-0.39, 0.29) is 29.6 Å². The van der Waals surface area contributed by atoms with Gasteiger partial charge < -0.3 is 19.3 Å². The zero-order valence-corrected chi connectivity index (χ0v) is 15.6. The molecule has 0 aromatic heterocycles. The molecule has 0 unspecified atom stereocenters. The van der Waals surface area contributed by atoms with Crippen LogP contribution in [0.15, 0.2) is 36.4 Å². The first-order chi connectivity index (χ1) is 12.9. The average Bonchev–Trinajstić information content (AvgIpc) is 2.63. The van der Waals surface area contributed by atoms with Crippen molar-refractivity contribution in [2.45, 2.75) is 25.9 Å². The molecule has 2 aromatic carbocycles. The highest BCUT2D eigenvalue weighted by atomic mass is 16.5. The number of methoxy groups -OCH3 is 1. The summed E-state index contributed by atoms with van der Waals surface area (Å²) < 4.78 is 16.9. The van der Waals surface area contributed by atoms with E-state index in [1.807, 2.05) is 44.2 Å². The Hall–Kier alpha value is -2.95. The smallest absolute Gasteiger partial charge is 0.177 e. The van der Waals surface area contributed by atoms with Gasteiger partial charge in [0.25, 0.3) is 0 Å². The van der Waals surface area contributed by atoms with Crippen molar-refractivity contribution < 1.29 is 24.1 Å². The Morgan fingerprint density at radius 2 is 1.96 bits per heavy atom. The lowest BCUT2D eigenvalue weighted by atomic mass is 9.87. The van der Waals surface area contributed by atoms with Crippen LogP contribution < -0.4 is 14.2 Å². The molecule has 0 aliphatic carbocycles. The van der Waals surface area contributed by atoms with E-state index in [1.54, 1.807) is 19.3 Å². The minimum absolute atomic E-state index is 0.0707. The van der Waals surface area contributed by atoms with Gasteiger partial charge in [0, 0.05) is 6.07 Å². The number of hydrogen-bond donors (Lipinski definition) is 1. The summed E-state index contributed by atoms with van der Waals surface area (Å²) in [5, 5.41) is 10.7. The molecule has 2 aromatic rings. The summed E-state index contributed by atoms with van der Waals surface area (Å²) in [4.78, 5) is 13.0. The van der Waals surface area contributed by atoms with Crippen molar-refractivity contribution in [1.82, 2.24) is 0 Å². The van der Waals surface area contributed by atoms with Gasteiger partial charge in [0.1, 0.15) is 34.2 Å². The van der Waals surface area contributed by atoms with E-state index in [9.17, 15) is 9.90 Å². The Kier molecular flexibility index (Phi) is 4.10. The molecule has 0 fully saturated rings. The molecule has 2 heterocycles. The monoisotopic (exact) mass is 366 g/mol. The lowest BCUT2D eigenvalue weighted by Gasteiger charge is -2.31. The minimum Gasteiger partial charge on any atom is -0.506 e. The molecule has 0 spiro atoms. The van der Waals surface area contributed by atoms with Crippen molar-refractivity contribution in [3.63, 3.8) is 0 Å². The van der Waals surface area contributed by atoms with Crippen LogP contribution in [-0.2, 0) is 6.42 Å². The van der Waals surface area contributed by atoms with Gasteiger partial charge in [-0.2, -0.15) is 0 Å². The van der Waals surface area contributed by atoms with Crippen LogP contribution in [0.1, 0.15) is 35.3 Å². The molecule has 2 aliphatic rings. The molecule has 5 heteroatoms. The van der Waals surface area contributed by atoms with Crippen LogP contribution in [0.4, 0.5) is 0 Å². The van der Waals surface area contributed by atoms with E-state index < -0.39 is 5.60 Å². The van der Waals surface area contributed by atoms with E-state index in [2.05, 4.69) is 0 Å². The van der Waals surface area contributed by atoms with Gasteiger partial charge in [0.15, 0.2) is 5.78 Å². The van der Waals surface area contributed by atoms with Crippen LogP contribution in [0.25, 0.3) is 6.08 Å². The lowest BCUT2D eigenvalue weighted by molar-refractivity contribution is 0.0824. The summed E-state index contributed by atoms with van der Waals surface area (Å²) in [6.45, 7) is 4.13. The zero-order valence-electron chi connectivity index (χ0n) is 15.6. The Morgan fingerprint density at radius 3 is 2.67 bits per heavy atom. The van der Waals surface area contributed by atoms with Gasteiger partial charge in [0.05, 0.1) is 25.2 Å². The third kappa shape index (κ3) is 3.14. The molecular weight excluding hydrogens is 344 g/mol. The number of aromatic hydroxyl groups is 1. The molecule has 0 radical (unpaired) electrons. The summed E-state index contributed by atoms with van der Waals surface area (Å²) in [6, 6.07) is 9.32. The van der Waals surface area contributed by atoms with Crippen LogP contribution in [0, 0.1) is 5.92 Å². The second kappa shape index (κ2) is 6.34. The van der Waals surface area contributed by atoms with E-state index in [0.717, 1.165) is 11.3 Å². The van der Waals surface area contributed by atoms with Gasteiger partial charge in [-0.1, -0.05) is 12.1 Å². The van der Waals surface area contributed by atoms with Gasteiger partial charge in [0.2, 0.25) is 0 Å². The molecule has 2 aliphatic heterocycles. The standard InChI is InChI=1S/C22H22O5/c1-22(2)9-8-16-17(27-22)11-18-19(21(16)24)20(23)14(12-26-18)10-13-4-6-15(25-3)7-5-13/h4-9,11,14,24H,10,12H2,1-3H3/t14-/m1/s1. The van der Waals surface area contributed by atoms with Crippen molar-refractivity contribution in [3.05, 3.63) is 53.1 Å². The average molecular weight is 366 g/mol. The Labute approximate surface area is 158 Å². The Morgan fingerprint density at radius 1 is 1.22 bits per heavy atom. The number of Topliss-reactive ketones (excluding diaryl/α,β-unsaturated/α-hetero) is 1. The van der Waals surface area contributed by atoms with E-state index >= 15 is 0 Å². The maximum absolute atomic E-state index is 13.0. The number of carbonyl (C=O) groups is 1. The van der Waals surface area contributed by atoms with E-state index in [0.29, 0.717) is 23.5 Å². The largest absolute Gasteiger partial charge is 0.506 e. The zero-order chi connectivity index (χ0) is 19.2. The highest BCUT2D eigenvalue weighted by Gasteiger charge is 2.35. The Bertz CT molecular complexity index is 925. The molecular formula is C22H22O5. The van der Waals surface area contributed by atoms with Gasteiger partial charge in [-0.05, 0) is 50.1 Å². The van der Waals surface area contributed by atoms with Crippen LogP contribution >= 0.6 is 0 Å². The predicted octanol–water partition coefficient (Wildman–Crippen LogP) is 4.02. The molecule has 0 saturated carbocycles. The second-order valence-corrected chi connectivity index (χ2v) is 7.47. The van der Waals surface area contributed by atoms with Crippen molar-refractivity contribution >= 4 is 11.9 Å². The van der Waals surface area contributed by atoms with Crippen LogP contribution in [0.2, 0.25) is 0 Å². The fourth-order valence-corrected chi connectivity index (χ4v) is 3.50. The topological polar surface area (TPSA) is 65.0 Å². The number of carbonyl (C=O) groups excluding carboxylic acids is 1. The lowest BCUT2D eigenvalue weighted by Crippen LogP contribution is -2.31. The van der Waals surface area contributed by atoms with Gasteiger partial charge in [-0.25, -0.2) is 0 Å². The maximum Gasteiger partial charge on any atom is 0.177 e. The molecule has 1 atom stereocenters. The predicted molar refractivity (Wildman–Crippen MR) is 102 cm³/mol. The number of benzene rings is 2.